The molecule has 0 aliphatic carbocycles. The van der Waals surface area contributed by atoms with E-state index in [0.717, 1.165) is 4.91 Å². The summed E-state index contributed by atoms with van der Waals surface area (Å²) in [6, 6.07) is 0. The highest BCUT2D eigenvalue weighted by Gasteiger charge is 2.13. The Morgan fingerprint density at radius 2 is 2.44 bits per heavy atom. The first-order valence-corrected chi connectivity index (χ1v) is 3.94. The van der Waals surface area contributed by atoms with Crippen molar-refractivity contribution in [2.45, 2.75) is 25.5 Å². The van der Waals surface area contributed by atoms with Crippen LogP contribution in [0.1, 0.15) is 20.3 Å². The zero-order valence-electron chi connectivity index (χ0n) is 5.68. The molecule has 0 saturated heterocycles. The van der Waals surface area contributed by atoms with Crippen molar-refractivity contribution in [1.29, 1.82) is 0 Å². The molecule has 0 saturated carbocycles. The van der Waals surface area contributed by atoms with E-state index in [1.54, 1.807) is 17.8 Å². The van der Waals surface area contributed by atoms with Gasteiger partial charge in [-0.1, -0.05) is 6.92 Å². The number of allylic oxidation sites excluding steroid dienone is 2. The lowest BCUT2D eigenvalue weighted by atomic mass is 10.2. The van der Waals surface area contributed by atoms with Crippen molar-refractivity contribution < 1.29 is 4.79 Å². The Bertz CT molecular complexity index is 160. The summed E-state index contributed by atoms with van der Waals surface area (Å²) in [5.41, 5.74) is 0. The van der Waals surface area contributed by atoms with Crippen LogP contribution in [0.2, 0.25) is 0 Å². The predicted molar refractivity (Wildman–Crippen MR) is 40.4 cm³/mol. The Morgan fingerprint density at radius 3 is 2.89 bits per heavy atom. The van der Waals surface area contributed by atoms with E-state index < -0.39 is 0 Å². The standard InChI is InChI=1S/C7H10OS/c1-5-3-7(8)4-6(2)9-5/h3,6H,4H2,1-2H3. The van der Waals surface area contributed by atoms with Crippen molar-refractivity contribution in [2.24, 2.45) is 0 Å². The van der Waals surface area contributed by atoms with Gasteiger partial charge in [-0.3, -0.25) is 4.79 Å². The molecule has 1 rings (SSSR count). The number of carbonyl (C=O) groups is 1. The summed E-state index contributed by atoms with van der Waals surface area (Å²) >= 11 is 1.79. The highest BCUT2D eigenvalue weighted by Crippen LogP contribution is 2.27. The summed E-state index contributed by atoms with van der Waals surface area (Å²) in [5.74, 6) is 0.277. The van der Waals surface area contributed by atoms with Gasteiger partial charge in [-0.05, 0) is 17.9 Å². The van der Waals surface area contributed by atoms with Crippen LogP contribution in [0.5, 0.6) is 0 Å². The van der Waals surface area contributed by atoms with Gasteiger partial charge < -0.3 is 0 Å². The SMILES string of the molecule is CC1=CC(=O)CC(C)S1. The maximum atomic E-state index is 10.8. The van der Waals surface area contributed by atoms with Gasteiger partial charge in [0.2, 0.25) is 0 Å². The van der Waals surface area contributed by atoms with Crippen LogP contribution in [0.25, 0.3) is 0 Å². The van der Waals surface area contributed by atoms with Crippen LogP contribution in [-0.4, -0.2) is 11.0 Å². The van der Waals surface area contributed by atoms with E-state index in [4.69, 9.17) is 0 Å². The van der Waals surface area contributed by atoms with E-state index in [2.05, 4.69) is 6.92 Å². The molecule has 0 aromatic rings. The number of thioether (sulfide) groups is 1. The van der Waals surface area contributed by atoms with Crippen molar-refractivity contribution in [3.63, 3.8) is 0 Å². The van der Waals surface area contributed by atoms with Crippen LogP contribution < -0.4 is 0 Å². The zero-order chi connectivity index (χ0) is 6.85. The monoisotopic (exact) mass is 142 g/mol. The Morgan fingerprint density at radius 1 is 1.78 bits per heavy atom. The van der Waals surface area contributed by atoms with Crippen LogP contribution in [0.4, 0.5) is 0 Å². The van der Waals surface area contributed by atoms with E-state index in [1.807, 2.05) is 6.92 Å². The second-order valence-corrected chi connectivity index (χ2v) is 4.04. The third-order valence-electron chi connectivity index (χ3n) is 1.24. The second-order valence-electron chi connectivity index (χ2n) is 2.35. The summed E-state index contributed by atoms with van der Waals surface area (Å²) in [4.78, 5) is 11.9. The summed E-state index contributed by atoms with van der Waals surface area (Å²) in [7, 11) is 0. The lowest BCUT2D eigenvalue weighted by Crippen LogP contribution is -2.09. The molecule has 50 valence electrons. The largest absolute Gasteiger partial charge is 0.295 e. The normalized spacial score (nSPS) is 28.0. The molecule has 0 amide bonds. The highest BCUT2D eigenvalue weighted by atomic mass is 32.2. The second kappa shape index (κ2) is 2.56. The molecule has 0 bridgehead atoms. The molecule has 0 radical (unpaired) electrons. The van der Waals surface area contributed by atoms with Crippen molar-refractivity contribution in [3.8, 4) is 0 Å². The molecule has 1 atom stereocenters. The molecule has 9 heavy (non-hydrogen) atoms. The van der Waals surface area contributed by atoms with Crippen molar-refractivity contribution in [1.82, 2.24) is 0 Å². The first-order valence-electron chi connectivity index (χ1n) is 3.06. The fraction of sp³-hybridized carbons (Fsp3) is 0.571. The van der Waals surface area contributed by atoms with E-state index in [-0.39, 0.29) is 5.78 Å². The molecule has 1 aliphatic heterocycles. The van der Waals surface area contributed by atoms with Crippen LogP contribution in [0.15, 0.2) is 11.0 Å². The average Bonchev–Trinajstić information content (AvgIpc) is 1.59. The fourth-order valence-electron chi connectivity index (χ4n) is 0.962. The maximum Gasteiger partial charge on any atom is 0.157 e. The number of hydrogen-bond acceptors (Lipinski definition) is 2. The predicted octanol–water partition coefficient (Wildman–Crippen LogP) is 1.98. The fourth-order valence-corrected chi connectivity index (χ4v) is 2.04. The first-order chi connectivity index (χ1) is 4.18. The maximum absolute atomic E-state index is 10.8. The molecule has 0 fully saturated rings. The van der Waals surface area contributed by atoms with Crippen LogP contribution in [0.3, 0.4) is 0 Å². The smallest absolute Gasteiger partial charge is 0.157 e. The van der Waals surface area contributed by atoms with Gasteiger partial charge in [-0.25, -0.2) is 0 Å². The van der Waals surface area contributed by atoms with Gasteiger partial charge in [0.25, 0.3) is 0 Å². The minimum Gasteiger partial charge on any atom is -0.295 e. The first kappa shape index (κ1) is 6.87. The molecule has 1 unspecified atom stereocenters. The van der Waals surface area contributed by atoms with Crippen molar-refractivity contribution in [3.05, 3.63) is 11.0 Å². The number of rotatable bonds is 0. The highest BCUT2D eigenvalue weighted by molar-refractivity contribution is 8.03. The molecule has 0 aromatic heterocycles. The van der Waals surface area contributed by atoms with E-state index in [0.29, 0.717) is 11.7 Å². The van der Waals surface area contributed by atoms with Crippen LogP contribution in [-0.2, 0) is 4.79 Å². The molecule has 0 N–H and O–H groups in total. The van der Waals surface area contributed by atoms with Gasteiger partial charge in [0.15, 0.2) is 5.78 Å². The molecule has 2 heteroatoms. The molecule has 0 aromatic carbocycles. The quantitative estimate of drug-likeness (QED) is 0.514. The zero-order valence-corrected chi connectivity index (χ0v) is 6.49. The van der Waals surface area contributed by atoms with E-state index in [9.17, 15) is 4.79 Å². The third-order valence-corrected chi connectivity index (χ3v) is 2.30. The number of carbonyl (C=O) groups excluding carboxylic acids is 1. The Hall–Kier alpha value is -0.240. The van der Waals surface area contributed by atoms with Gasteiger partial charge >= 0.3 is 0 Å². The molecular weight excluding hydrogens is 132 g/mol. The van der Waals surface area contributed by atoms with Gasteiger partial charge in [0, 0.05) is 11.7 Å². The number of ketones is 1. The molecule has 1 nitrogen and oxygen atoms in total. The number of hydrogen-bond donors (Lipinski definition) is 0. The Kier molecular flexibility index (Phi) is 1.96. The lowest BCUT2D eigenvalue weighted by molar-refractivity contribution is -0.114. The topological polar surface area (TPSA) is 17.1 Å². The Labute approximate surface area is 59.5 Å². The van der Waals surface area contributed by atoms with Gasteiger partial charge in [0.05, 0.1) is 0 Å². The summed E-state index contributed by atoms with van der Waals surface area (Å²) < 4.78 is 0. The minimum absolute atomic E-state index is 0.277. The van der Waals surface area contributed by atoms with Crippen LogP contribution in [0, 0.1) is 0 Å². The lowest BCUT2D eigenvalue weighted by Gasteiger charge is -2.13. The van der Waals surface area contributed by atoms with Crippen molar-refractivity contribution in [2.75, 3.05) is 0 Å². The average molecular weight is 142 g/mol. The van der Waals surface area contributed by atoms with Gasteiger partial charge in [-0.15, -0.1) is 11.8 Å². The Balaban J connectivity index is 2.67. The molecule has 0 spiro atoms. The molecule has 1 heterocycles. The summed E-state index contributed by atoms with van der Waals surface area (Å²) in [6.07, 6.45) is 2.44. The van der Waals surface area contributed by atoms with Crippen molar-refractivity contribution >= 4 is 17.5 Å². The van der Waals surface area contributed by atoms with E-state index in [1.165, 1.54) is 0 Å². The summed E-state index contributed by atoms with van der Waals surface area (Å²) in [5, 5.41) is 0.488. The third kappa shape index (κ3) is 1.86. The summed E-state index contributed by atoms with van der Waals surface area (Å²) in [6.45, 7) is 4.07. The molecule has 1 aliphatic rings. The molecular formula is C7H10OS. The minimum atomic E-state index is 0.277. The van der Waals surface area contributed by atoms with Gasteiger partial charge in [0.1, 0.15) is 0 Å². The van der Waals surface area contributed by atoms with E-state index >= 15 is 0 Å². The van der Waals surface area contributed by atoms with Gasteiger partial charge in [-0.2, -0.15) is 0 Å². The van der Waals surface area contributed by atoms with Crippen LogP contribution >= 0.6 is 11.8 Å².